The number of hydrogen-bond donors (Lipinski definition) is 2. The lowest BCUT2D eigenvalue weighted by Gasteiger charge is -2.09. The van der Waals surface area contributed by atoms with Crippen LogP contribution in [0.4, 0.5) is 5.69 Å². The van der Waals surface area contributed by atoms with Gasteiger partial charge in [-0.3, -0.25) is 9.48 Å². The second kappa shape index (κ2) is 5.54. The molecule has 2 rings (SSSR count). The predicted molar refractivity (Wildman–Crippen MR) is 75.5 cm³/mol. The first-order chi connectivity index (χ1) is 9.81. The summed E-state index contributed by atoms with van der Waals surface area (Å²) in [7, 11) is -0.817. The molecule has 0 fully saturated rings. The topological polar surface area (TPSA) is 116 Å². The third-order valence-corrected chi connectivity index (χ3v) is 3.62. The number of aromatic nitrogens is 2. The number of aryl methyl sites for hydroxylation is 1. The minimum absolute atomic E-state index is 0.0629. The van der Waals surface area contributed by atoms with E-state index in [4.69, 9.17) is 9.88 Å². The van der Waals surface area contributed by atoms with Gasteiger partial charge in [-0.05, 0) is 18.2 Å². The highest BCUT2D eigenvalue weighted by Gasteiger charge is 2.17. The van der Waals surface area contributed by atoms with E-state index in [-0.39, 0.29) is 16.2 Å². The molecule has 1 aromatic heterocycles. The summed E-state index contributed by atoms with van der Waals surface area (Å²) in [6, 6.07) is 3.81. The van der Waals surface area contributed by atoms with E-state index in [2.05, 4.69) is 10.4 Å². The Labute approximate surface area is 121 Å². The quantitative estimate of drug-likeness (QED) is 0.844. The maximum absolute atomic E-state index is 12.2. The summed E-state index contributed by atoms with van der Waals surface area (Å²) < 4.78 is 29.3. The van der Waals surface area contributed by atoms with Gasteiger partial charge in [-0.1, -0.05) is 0 Å². The number of hydrogen-bond acceptors (Lipinski definition) is 5. The number of nitrogens with two attached hydrogens (primary N) is 1. The lowest BCUT2D eigenvalue weighted by molar-refractivity contribution is 0.102. The Kier molecular flexibility index (Phi) is 3.96. The van der Waals surface area contributed by atoms with Crippen LogP contribution in [0.1, 0.15) is 10.4 Å². The number of carbonyl (C=O) groups is 1. The standard InChI is InChI=1S/C12H14N4O4S/c1-16-7-8(6-14-16)15-12(17)10-5-9(21(13,18)19)3-4-11(10)20-2/h3-7H,1-2H3,(H,15,17)(H2,13,18,19). The molecule has 1 aromatic carbocycles. The van der Waals surface area contributed by atoms with Gasteiger partial charge in [0.1, 0.15) is 5.75 Å². The van der Waals surface area contributed by atoms with Crippen molar-refractivity contribution in [1.82, 2.24) is 9.78 Å². The Balaban J connectivity index is 2.38. The Morgan fingerprint density at radius 1 is 1.43 bits per heavy atom. The fourth-order valence-corrected chi connectivity index (χ4v) is 2.27. The molecule has 0 saturated heterocycles. The third-order valence-electron chi connectivity index (χ3n) is 2.71. The molecule has 0 aliphatic heterocycles. The van der Waals surface area contributed by atoms with E-state index in [0.717, 1.165) is 0 Å². The highest BCUT2D eigenvalue weighted by atomic mass is 32.2. The Morgan fingerprint density at radius 2 is 2.14 bits per heavy atom. The van der Waals surface area contributed by atoms with E-state index < -0.39 is 15.9 Å². The van der Waals surface area contributed by atoms with Gasteiger partial charge in [0.15, 0.2) is 0 Å². The van der Waals surface area contributed by atoms with Gasteiger partial charge in [-0.2, -0.15) is 5.10 Å². The summed E-state index contributed by atoms with van der Waals surface area (Å²) in [6.07, 6.45) is 3.07. The fraction of sp³-hybridized carbons (Fsp3) is 0.167. The third kappa shape index (κ3) is 3.38. The Morgan fingerprint density at radius 3 is 2.67 bits per heavy atom. The average molecular weight is 310 g/mol. The summed E-state index contributed by atoms with van der Waals surface area (Å²) >= 11 is 0. The van der Waals surface area contributed by atoms with Crippen LogP contribution in [0.25, 0.3) is 0 Å². The molecule has 21 heavy (non-hydrogen) atoms. The van der Waals surface area contributed by atoms with Gasteiger partial charge in [-0.25, -0.2) is 13.6 Å². The smallest absolute Gasteiger partial charge is 0.259 e. The van der Waals surface area contributed by atoms with Crippen LogP contribution in [0.15, 0.2) is 35.5 Å². The number of anilines is 1. The fourth-order valence-electron chi connectivity index (χ4n) is 1.73. The largest absolute Gasteiger partial charge is 0.496 e. The molecule has 9 heteroatoms. The molecular formula is C12H14N4O4S. The first kappa shape index (κ1) is 15.0. The number of ether oxygens (including phenoxy) is 1. The van der Waals surface area contributed by atoms with Gasteiger partial charge in [0.25, 0.3) is 5.91 Å². The number of carbonyl (C=O) groups excluding carboxylic acids is 1. The minimum Gasteiger partial charge on any atom is -0.496 e. The number of methoxy groups -OCH3 is 1. The van der Waals surface area contributed by atoms with Gasteiger partial charge in [-0.15, -0.1) is 0 Å². The van der Waals surface area contributed by atoms with E-state index >= 15 is 0 Å². The molecule has 0 atom stereocenters. The zero-order chi connectivity index (χ0) is 15.6. The number of benzene rings is 1. The monoisotopic (exact) mass is 310 g/mol. The first-order valence-corrected chi connectivity index (χ1v) is 7.36. The van der Waals surface area contributed by atoms with Crippen molar-refractivity contribution in [1.29, 1.82) is 0 Å². The van der Waals surface area contributed by atoms with Crippen molar-refractivity contribution in [2.24, 2.45) is 12.2 Å². The summed E-state index contributed by atoms with van der Waals surface area (Å²) in [4.78, 5) is 12.1. The molecule has 2 aromatic rings. The Bertz CT molecular complexity index is 782. The number of primary sulfonamides is 1. The Hall–Kier alpha value is -2.39. The molecular weight excluding hydrogens is 296 g/mol. The molecule has 0 unspecified atom stereocenters. The van der Waals surface area contributed by atoms with Gasteiger partial charge < -0.3 is 10.1 Å². The van der Waals surface area contributed by atoms with Gasteiger partial charge >= 0.3 is 0 Å². The molecule has 0 radical (unpaired) electrons. The number of amides is 1. The molecule has 0 aliphatic rings. The minimum atomic E-state index is -3.90. The number of nitrogens with zero attached hydrogens (tertiary/aromatic N) is 2. The van der Waals surface area contributed by atoms with Gasteiger partial charge in [0.2, 0.25) is 10.0 Å². The van der Waals surface area contributed by atoms with Crippen molar-refractivity contribution >= 4 is 21.6 Å². The number of sulfonamides is 1. The highest BCUT2D eigenvalue weighted by Crippen LogP contribution is 2.23. The summed E-state index contributed by atoms with van der Waals surface area (Å²) in [5, 5.41) is 11.6. The van der Waals surface area contributed by atoms with Crippen LogP contribution < -0.4 is 15.2 Å². The van der Waals surface area contributed by atoms with Crippen LogP contribution in [0.2, 0.25) is 0 Å². The van der Waals surface area contributed by atoms with Crippen molar-refractivity contribution in [3.05, 3.63) is 36.2 Å². The van der Waals surface area contributed by atoms with Gasteiger partial charge in [0, 0.05) is 13.2 Å². The van der Waals surface area contributed by atoms with Crippen LogP contribution in [0, 0.1) is 0 Å². The normalized spacial score (nSPS) is 11.2. The van der Waals surface area contributed by atoms with E-state index in [1.807, 2.05) is 0 Å². The van der Waals surface area contributed by atoms with Crippen LogP contribution >= 0.6 is 0 Å². The molecule has 0 saturated carbocycles. The van der Waals surface area contributed by atoms with Gasteiger partial charge in [0.05, 0.1) is 29.5 Å². The molecule has 0 spiro atoms. The lowest BCUT2D eigenvalue weighted by Crippen LogP contribution is -2.16. The van der Waals surface area contributed by atoms with Crippen molar-refractivity contribution < 1.29 is 17.9 Å². The summed E-state index contributed by atoms with van der Waals surface area (Å²) in [6.45, 7) is 0. The zero-order valence-corrected chi connectivity index (χ0v) is 12.2. The number of rotatable bonds is 4. The molecule has 1 heterocycles. The maximum Gasteiger partial charge on any atom is 0.259 e. The molecule has 112 valence electrons. The second-order valence-electron chi connectivity index (χ2n) is 4.26. The van der Waals surface area contributed by atoms with Crippen LogP contribution in [-0.2, 0) is 17.1 Å². The van der Waals surface area contributed by atoms with Crippen molar-refractivity contribution in [3.8, 4) is 5.75 Å². The molecule has 8 nitrogen and oxygen atoms in total. The zero-order valence-electron chi connectivity index (χ0n) is 11.4. The summed E-state index contributed by atoms with van der Waals surface area (Å²) in [5.41, 5.74) is 0.540. The first-order valence-electron chi connectivity index (χ1n) is 5.82. The highest BCUT2D eigenvalue weighted by molar-refractivity contribution is 7.89. The van der Waals surface area contributed by atoms with Crippen LogP contribution in [-0.4, -0.2) is 31.2 Å². The maximum atomic E-state index is 12.2. The molecule has 3 N–H and O–H groups in total. The SMILES string of the molecule is COc1ccc(S(N)(=O)=O)cc1C(=O)Nc1cnn(C)c1. The second-order valence-corrected chi connectivity index (χ2v) is 5.83. The summed E-state index contributed by atoms with van der Waals surface area (Å²) in [5.74, 6) is -0.283. The van der Waals surface area contributed by atoms with Crippen LogP contribution in [0.5, 0.6) is 5.75 Å². The van der Waals surface area contributed by atoms with Crippen molar-refractivity contribution in [2.45, 2.75) is 4.90 Å². The van der Waals surface area contributed by atoms with E-state index in [1.54, 1.807) is 13.2 Å². The van der Waals surface area contributed by atoms with Crippen molar-refractivity contribution in [2.75, 3.05) is 12.4 Å². The molecule has 0 aliphatic carbocycles. The van der Waals surface area contributed by atoms with Crippen LogP contribution in [0.3, 0.4) is 0 Å². The van der Waals surface area contributed by atoms with Crippen molar-refractivity contribution in [3.63, 3.8) is 0 Å². The number of nitrogens with one attached hydrogen (secondary N) is 1. The molecule has 1 amide bonds. The average Bonchev–Trinajstić information content (AvgIpc) is 2.82. The molecule has 0 bridgehead atoms. The lowest BCUT2D eigenvalue weighted by atomic mass is 10.2. The van der Waals surface area contributed by atoms with E-state index in [0.29, 0.717) is 5.69 Å². The van der Waals surface area contributed by atoms with E-state index in [1.165, 1.54) is 36.2 Å². The predicted octanol–water partition coefficient (Wildman–Crippen LogP) is 0.328. The van der Waals surface area contributed by atoms with E-state index in [9.17, 15) is 13.2 Å².